The Balaban J connectivity index is 1.54. The van der Waals surface area contributed by atoms with Gasteiger partial charge in [-0.05, 0) is 13.8 Å². The summed E-state index contributed by atoms with van der Waals surface area (Å²) < 4.78 is 5.32. The fourth-order valence-electron chi connectivity index (χ4n) is 2.64. The molecule has 1 aliphatic rings. The van der Waals surface area contributed by atoms with Gasteiger partial charge in [-0.2, -0.15) is 4.98 Å². The van der Waals surface area contributed by atoms with Gasteiger partial charge in [0.2, 0.25) is 17.6 Å². The van der Waals surface area contributed by atoms with E-state index in [2.05, 4.69) is 25.0 Å². The van der Waals surface area contributed by atoms with Crippen LogP contribution in [0.25, 0.3) is 11.5 Å². The van der Waals surface area contributed by atoms with Gasteiger partial charge < -0.3 is 9.42 Å². The second kappa shape index (κ2) is 6.82. The van der Waals surface area contributed by atoms with Gasteiger partial charge in [0.25, 0.3) is 0 Å². The summed E-state index contributed by atoms with van der Waals surface area (Å²) in [5, 5.41) is 3.95. The van der Waals surface area contributed by atoms with Crippen molar-refractivity contribution < 1.29 is 9.32 Å². The predicted octanol–water partition coefficient (Wildman–Crippen LogP) is 0.794. The largest absolute Gasteiger partial charge is 0.342 e. The first-order chi connectivity index (χ1) is 11.2. The van der Waals surface area contributed by atoms with Gasteiger partial charge in [0, 0.05) is 38.6 Å². The maximum atomic E-state index is 12.1. The van der Waals surface area contributed by atoms with E-state index < -0.39 is 0 Å². The highest BCUT2D eigenvalue weighted by molar-refractivity contribution is 5.78. The van der Waals surface area contributed by atoms with Crippen LogP contribution in [0.4, 0.5) is 0 Å². The molecule has 8 heteroatoms. The highest BCUT2D eigenvalue weighted by Gasteiger charge is 2.34. The monoisotopic (exact) mass is 316 g/mol. The number of amides is 1. The van der Waals surface area contributed by atoms with Gasteiger partial charge in [-0.25, -0.2) is 4.98 Å². The van der Waals surface area contributed by atoms with E-state index >= 15 is 0 Å². The zero-order chi connectivity index (χ0) is 16.2. The Labute approximate surface area is 134 Å². The summed E-state index contributed by atoms with van der Waals surface area (Å²) in [5.41, 5.74) is 0.593. The number of nitrogens with zero attached hydrogens (tertiary/aromatic N) is 6. The van der Waals surface area contributed by atoms with Crippen molar-refractivity contribution in [2.75, 3.05) is 32.7 Å². The number of hydrogen-bond acceptors (Lipinski definition) is 7. The third kappa shape index (κ3) is 3.37. The van der Waals surface area contributed by atoms with Gasteiger partial charge in [0.15, 0.2) is 0 Å². The van der Waals surface area contributed by atoms with Crippen LogP contribution in [0.5, 0.6) is 0 Å². The van der Waals surface area contributed by atoms with E-state index in [9.17, 15) is 4.79 Å². The van der Waals surface area contributed by atoms with Crippen LogP contribution in [-0.2, 0) is 4.79 Å². The maximum Gasteiger partial charge on any atom is 0.236 e. The van der Waals surface area contributed by atoms with E-state index in [1.807, 2.05) is 18.7 Å². The van der Waals surface area contributed by atoms with E-state index in [1.165, 1.54) is 0 Å². The van der Waals surface area contributed by atoms with Crippen LogP contribution in [0.1, 0.15) is 25.7 Å². The number of carbonyl (C=O) groups excluding carboxylic acids is 1. The fraction of sp³-hybridized carbons (Fsp3) is 0.533. The summed E-state index contributed by atoms with van der Waals surface area (Å²) in [5.74, 6) is 1.39. The molecule has 0 spiro atoms. The Hall–Kier alpha value is -2.35. The molecule has 1 aliphatic heterocycles. The van der Waals surface area contributed by atoms with Crippen LogP contribution < -0.4 is 0 Å². The fourth-order valence-corrected chi connectivity index (χ4v) is 2.64. The van der Waals surface area contributed by atoms with Crippen molar-refractivity contribution in [1.82, 2.24) is 29.9 Å². The van der Waals surface area contributed by atoms with Gasteiger partial charge in [-0.15, -0.1) is 0 Å². The minimum atomic E-state index is 0.166. The molecule has 1 fully saturated rings. The molecule has 0 atom stereocenters. The average Bonchev–Trinajstić information content (AvgIpc) is 3.02. The Morgan fingerprint density at radius 1 is 1.35 bits per heavy atom. The first kappa shape index (κ1) is 15.5. The molecule has 2 aromatic heterocycles. The smallest absolute Gasteiger partial charge is 0.236 e. The van der Waals surface area contributed by atoms with Gasteiger partial charge >= 0.3 is 0 Å². The van der Waals surface area contributed by atoms with Crippen LogP contribution >= 0.6 is 0 Å². The number of rotatable bonds is 6. The highest BCUT2D eigenvalue weighted by Crippen LogP contribution is 2.26. The maximum absolute atomic E-state index is 12.1. The van der Waals surface area contributed by atoms with Crippen molar-refractivity contribution in [3.63, 3.8) is 0 Å². The minimum absolute atomic E-state index is 0.166. The summed E-state index contributed by atoms with van der Waals surface area (Å²) in [6, 6.07) is 0. The third-order valence-corrected chi connectivity index (χ3v) is 4.02. The van der Waals surface area contributed by atoms with E-state index in [-0.39, 0.29) is 11.8 Å². The molecule has 0 aliphatic carbocycles. The van der Waals surface area contributed by atoms with Crippen molar-refractivity contribution >= 4 is 5.91 Å². The van der Waals surface area contributed by atoms with Crippen LogP contribution in [0, 0.1) is 0 Å². The minimum Gasteiger partial charge on any atom is -0.342 e. The summed E-state index contributed by atoms with van der Waals surface area (Å²) in [6.07, 6.45) is 4.79. The normalized spacial score (nSPS) is 15.4. The van der Waals surface area contributed by atoms with E-state index in [0.29, 0.717) is 24.0 Å². The first-order valence-electron chi connectivity index (χ1n) is 7.81. The Morgan fingerprint density at radius 2 is 2.13 bits per heavy atom. The van der Waals surface area contributed by atoms with Gasteiger partial charge in [-0.3, -0.25) is 14.7 Å². The Morgan fingerprint density at radius 3 is 2.78 bits per heavy atom. The summed E-state index contributed by atoms with van der Waals surface area (Å²) in [6.45, 7) is 7.45. The van der Waals surface area contributed by atoms with Crippen molar-refractivity contribution in [2.45, 2.75) is 19.8 Å². The lowest BCUT2D eigenvalue weighted by Gasteiger charge is -2.37. The number of aromatic nitrogens is 4. The molecular formula is C15H20N6O2. The molecule has 0 bridgehead atoms. The topological polar surface area (TPSA) is 88.3 Å². The summed E-state index contributed by atoms with van der Waals surface area (Å²) in [7, 11) is 0. The summed E-state index contributed by atoms with van der Waals surface area (Å²) >= 11 is 0. The molecule has 1 saturated heterocycles. The Bertz CT molecular complexity index is 649. The van der Waals surface area contributed by atoms with E-state index in [1.54, 1.807) is 18.6 Å². The molecule has 0 saturated carbocycles. The zero-order valence-electron chi connectivity index (χ0n) is 13.3. The van der Waals surface area contributed by atoms with E-state index in [0.717, 1.165) is 26.2 Å². The molecule has 0 unspecified atom stereocenters. The van der Waals surface area contributed by atoms with Crippen LogP contribution in [0.15, 0.2) is 23.1 Å². The van der Waals surface area contributed by atoms with E-state index in [4.69, 9.17) is 4.52 Å². The summed E-state index contributed by atoms with van der Waals surface area (Å²) in [4.78, 5) is 28.5. The lowest BCUT2D eigenvalue weighted by atomic mass is 10.0. The molecule has 3 rings (SSSR count). The zero-order valence-corrected chi connectivity index (χ0v) is 13.3. The third-order valence-electron chi connectivity index (χ3n) is 4.02. The molecule has 0 radical (unpaired) electrons. The van der Waals surface area contributed by atoms with Crippen molar-refractivity contribution in [3.8, 4) is 11.5 Å². The van der Waals surface area contributed by atoms with Crippen molar-refractivity contribution in [1.29, 1.82) is 0 Å². The molecule has 8 nitrogen and oxygen atoms in total. The van der Waals surface area contributed by atoms with Gasteiger partial charge in [0.1, 0.15) is 5.69 Å². The molecule has 0 aromatic carbocycles. The number of carbonyl (C=O) groups is 1. The van der Waals surface area contributed by atoms with Gasteiger partial charge in [-0.1, -0.05) is 5.16 Å². The second-order valence-electron chi connectivity index (χ2n) is 5.50. The molecule has 1 amide bonds. The molecular weight excluding hydrogens is 296 g/mol. The quantitative estimate of drug-likeness (QED) is 0.778. The molecule has 3 heterocycles. The Kier molecular flexibility index (Phi) is 4.61. The predicted molar refractivity (Wildman–Crippen MR) is 82.4 cm³/mol. The van der Waals surface area contributed by atoms with Gasteiger partial charge in [0.05, 0.1) is 18.7 Å². The lowest BCUT2D eigenvalue weighted by molar-refractivity contribution is -0.133. The van der Waals surface area contributed by atoms with Crippen molar-refractivity contribution in [3.05, 3.63) is 24.5 Å². The number of likely N-dealkylation sites (tertiary alicyclic amines) is 1. The van der Waals surface area contributed by atoms with Crippen LogP contribution in [-0.4, -0.2) is 68.5 Å². The average molecular weight is 316 g/mol. The lowest BCUT2D eigenvalue weighted by Crippen LogP contribution is -2.50. The molecule has 2 aromatic rings. The van der Waals surface area contributed by atoms with Crippen LogP contribution in [0.3, 0.4) is 0 Å². The number of likely N-dealkylation sites (N-methyl/N-ethyl adjacent to an activating group) is 1. The number of hydrogen-bond donors (Lipinski definition) is 0. The van der Waals surface area contributed by atoms with Crippen molar-refractivity contribution in [2.24, 2.45) is 0 Å². The first-order valence-corrected chi connectivity index (χ1v) is 7.81. The molecule has 0 N–H and O–H groups in total. The standard InChI is InChI=1S/C15H20N6O2/c1-3-21(4-2)13(22)10-20-8-11(9-20)15-18-14(19-23-15)12-7-16-5-6-17-12/h5-7,11H,3-4,8-10H2,1-2H3. The second-order valence-corrected chi connectivity index (χ2v) is 5.50. The SMILES string of the molecule is CCN(CC)C(=O)CN1CC(c2nc(-c3cnccn3)no2)C1. The van der Waals surface area contributed by atoms with Crippen LogP contribution in [0.2, 0.25) is 0 Å². The molecule has 122 valence electrons. The molecule has 23 heavy (non-hydrogen) atoms. The highest BCUT2D eigenvalue weighted by atomic mass is 16.5.